The lowest BCUT2D eigenvalue weighted by atomic mass is 9.60. The van der Waals surface area contributed by atoms with Crippen LogP contribution in [-0.4, -0.2) is 5.97 Å². The summed E-state index contributed by atoms with van der Waals surface area (Å²) in [5.41, 5.74) is 0.837. The summed E-state index contributed by atoms with van der Waals surface area (Å²) in [5, 5.41) is 0. The van der Waals surface area contributed by atoms with E-state index < -0.39 is 5.82 Å². The standard InChI is InChI=1S/C31H47FO2/c1-3-4-5-6-7-8-23-10-11-28-21-27(17-16-26(28)20-23)24-12-14-25(15-13-24)31(33)34-30-18-9-22(2)19-29(30)32/h9,18-19,23-28H,3-8,10-17,20-21H2,1-2H3. The van der Waals surface area contributed by atoms with Crippen LogP contribution in [-0.2, 0) is 4.79 Å². The molecule has 3 saturated carbocycles. The van der Waals surface area contributed by atoms with Crippen LogP contribution in [0.15, 0.2) is 18.2 Å². The van der Waals surface area contributed by atoms with Gasteiger partial charge in [0, 0.05) is 0 Å². The molecule has 0 heterocycles. The molecule has 0 saturated heterocycles. The molecule has 2 nitrogen and oxygen atoms in total. The number of halogens is 1. The maximum absolute atomic E-state index is 14.1. The van der Waals surface area contributed by atoms with Gasteiger partial charge in [-0.3, -0.25) is 4.79 Å². The van der Waals surface area contributed by atoms with E-state index in [9.17, 15) is 9.18 Å². The minimum Gasteiger partial charge on any atom is -0.423 e. The van der Waals surface area contributed by atoms with Gasteiger partial charge in [-0.15, -0.1) is 0 Å². The first kappa shape index (κ1) is 25.7. The summed E-state index contributed by atoms with van der Waals surface area (Å²) in [5.74, 6) is 3.91. The van der Waals surface area contributed by atoms with Gasteiger partial charge in [0.1, 0.15) is 0 Å². The van der Waals surface area contributed by atoms with E-state index in [1.807, 2.05) is 6.92 Å². The minimum atomic E-state index is -0.440. The van der Waals surface area contributed by atoms with Crippen LogP contribution in [0.3, 0.4) is 0 Å². The highest BCUT2D eigenvalue weighted by molar-refractivity contribution is 5.75. The van der Waals surface area contributed by atoms with E-state index >= 15 is 0 Å². The predicted octanol–water partition coefficient (Wildman–Crippen LogP) is 9.04. The summed E-state index contributed by atoms with van der Waals surface area (Å²) < 4.78 is 19.5. The van der Waals surface area contributed by atoms with Crippen molar-refractivity contribution in [1.29, 1.82) is 0 Å². The number of carbonyl (C=O) groups is 1. The molecule has 3 fully saturated rings. The highest BCUT2D eigenvalue weighted by Gasteiger charge is 2.39. The predicted molar refractivity (Wildman–Crippen MR) is 137 cm³/mol. The highest BCUT2D eigenvalue weighted by atomic mass is 19.1. The van der Waals surface area contributed by atoms with Gasteiger partial charge in [-0.2, -0.15) is 0 Å². The maximum atomic E-state index is 14.1. The van der Waals surface area contributed by atoms with Crippen LogP contribution in [0.5, 0.6) is 5.75 Å². The summed E-state index contributed by atoms with van der Waals surface area (Å²) in [6.07, 6.45) is 21.3. The van der Waals surface area contributed by atoms with E-state index in [1.165, 1.54) is 83.1 Å². The normalized spacial score (nSPS) is 31.6. The number of ether oxygens (including phenoxy) is 1. The molecule has 0 aliphatic heterocycles. The number of fused-ring (bicyclic) bond motifs is 1. The zero-order valence-electron chi connectivity index (χ0n) is 21.7. The summed E-state index contributed by atoms with van der Waals surface area (Å²) in [7, 11) is 0. The molecule has 0 radical (unpaired) electrons. The Bertz CT molecular complexity index is 782. The van der Waals surface area contributed by atoms with Gasteiger partial charge in [0.15, 0.2) is 11.6 Å². The molecule has 1 aromatic rings. The Hall–Kier alpha value is -1.38. The van der Waals surface area contributed by atoms with Crippen LogP contribution in [0.4, 0.5) is 4.39 Å². The molecule has 4 unspecified atom stereocenters. The number of benzene rings is 1. The van der Waals surface area contributed by atoms with Crippen LogP contribution < -0.4 is 4.74 Å². The third-order valence-electron chi connectivity index (χ3n) is 9.55. The maximum Gasteiger partial charge on any atom is 0.314 e. The van der Waals surface area contributed by atoms with Gasteiger partial charge in [0.25, 0.3) is 0 Å². The molecule has 3 heteroatoms. The third-order valence-corrected chi connectivity index (χ3v) is 9.55. The van der Waals surface area contributed by atoms with E-state index in [-0.39, 0.29) is 17.6 Å². The Labute approximate surface area is 207 Å². The topological polar surface area (TPSA) is 26.3 Å². The summed E-state index contributed by atoms with van der Waals surface area (Å²) >= 11 is 0. The van der Waals surface area contributed by atoms with Crippen LogP contribution >= 0.6 is 0 Å². The van der Waals surface area contributed by atoms with Gasteiger partial charge in [-0.1, -0.05) is 57.9 Å². The van der Waals surface area contributed by atoms with E-state index in [1.54, 1.807) is 12.1 Å². The van der Waals surface area contributed by atoms with Crippen molar-refractivity contribution in [3.05, 3.63) is 29.6 Å². The number of rotatable bonds is 9. The third kappa shape index (κ3) is 6.85. The number of hydrogen-bond donors (Lipinski definition) is 0. The van der Waals surface area contributed by atoms with Gasteiger partial charge < -0.3 is 4.74 Å². The molecule has 3 aliphatic carbocycles. The molecule has 4 rings (SSSR count). The molecule has 1 aromatic carbocycles. The number of esters is 1. The Morgan fingerprint density at radius 3 is 2.24 bits per heavy atom. The first-order chi connectivity index (χ1) is 16.5. The van der Waals surface area contributed by atoms with E-state index in [2.05, 4.69) is 6.92 Å². The fourth-order valence-corrected chi connectivity index (χ4v) is 7.46. The van der Waals surface area contributed by atoms with Gasteiger partial charge in [0.2, 0.25) is 0 Å². The van der Waals surface area contributed by atoms with Crippen molar-refractivity contribution < 1.29 is 13.9 Å². The second-order valence-electron chi connectivity index (χ2n) is 11.9. The van der Waals surface area contributed by atoms with Crippen LogP contribution in [0.25, 0.3) is 0 Å². The van der Waals surface area contributed by atoms with Gasteiger partial charge in [0.05, 0.1) is 5.92 Å². The lowest BCUT2D eigenvalue weighted by molar-refractivity contribution is -0.140. The molecular weight excluding hydrogens is 423 g/mol. The molecular formula is C31H47FO2. The van der Waals surface area contributed by atoms with E-state index in [4.69, 9.17) is 4.74 Å². The molecule has 34 heavy (non-hydrogen) atoms. The van der Waals surface area contributed by atoms with Crippen molar-refractivity contribution in [2.24, 2.45) is 35.5 Å². The summed E-state index contributed by atoms with van der Waals surface area (Å²) in [6, 6.07) is 4.80. The molecule has 0 bridgehead atoms. The van der Waals surface area contributed by atoms with Crippen LogP contribution in [0, 0.1) is 48.2 Å². The Morgan fingerprint density at radius 2 is 1.50 bits per heavy atom. The van der Waals surface area contributed by atoms with E-state index in [0.29, 0.717) is 0 Å². The zero-order valence-corrected chi connectivity index (χ0v) is 21.7. The summed E-state index contributed by atoms with van der Waals surface area (Å²) in [4.78, 5) is 12.6. The second-order valence-corrected chi connectivity index (χ2v) is 11.9. The Balaban J connectivity index is 1.17. The van der Waals surface area contributed by atoms with E-state index in [0.717, 1.165) is 60.8 Å². The first-order valence-corrected chi connectivity index (χ1v) is 14.5. The molecule has 0 amide bonds. The van der Waals surface area contributed by atoms with Crippen molar-refractivity contribution in [3.8, 4) is 5.75 Å². The van der Waals surface area contributed by atoms with Crippen LogP contribution in [0.2, 0.25) is 0 Å². The second kappa shape index (κ2) is 12.5. The van der Waals surface area contributed by atoms with Crippen molar-refractivity contribution in [3.63, 3.8) is 0 Å². The molecule has 3 aliphatic rings. The number of unbranched alkanes of at least 4 members (excludes halogenated alkanes) is 4. The zero-order chi connectivity index (χ0) is 23.9. The lowest BCUT2D eigenvalue weighted by Crippen LogP contribution is -2.35. The fraction of sp³-hybridized carbons (Fsp3) is 0.774. The molecule has 190 valence electrons. The molecule has 0 spiro atoms. The SMILES string of the molecule is CCCCCCCC1CCC2CC(C3CCC(C(=O)Oc4ccc(C)cc4F)CC3)CCC2C1. The average Bonchev–Trinajstić information content (AvgIpc) is 2.85. The molecule has 0 aromatic heterocycles. The monoisotopic (exact) mass is 470 g/mol. The van der Waals surface area contributed by atoms with Crippen LogP contribution in [0.1, 0.15) is 115 Å². The first-order valence-electron chi connectivity index (χ1n) is 14.5. The smallest absolute Gasteiger partial charge is 0.314 e. The lowest BCUT2D eigenvalue weighted by Gasteiger charge is -2.45. The largest absolute Gasteiger partial charge is 0.423 e. The van der Waals surface area contributed by atoms with Crippen molar-refractivity contribution >= 4 is 5.97 Å². The van der Waals surface area contributed by atoms with Gasteiger partial charge >= 0.3 is 5.97 Å². The average molecular weight is 471 g/mol. The Kier molecular flexibility index (Phi) is 9.48. The fourth-order valence-electron chi connectivity index (χ4n) is 7.46. The molecule has 0 N–H and O–H groups in total. The van der Waals surface area contributed by atoms with Crippen molar-refractivity contribution in [2.75, 3.05) is 0 Å². The quantitative estimate of drug-likeness (QED) is 0.204. The Morgan fingerprint density at radius 1 is 0.853 bits per heavy atom. The van der Waals surface area contributed by atoms with Crippen molar-refractivity contribution in [1.82, 2.24) is 0 Å². The number of hydrogen-bond acceptors (Lipinski definition) is 2. The van der Waals surface area contributed by atoms with Gasteiger partial charge in [-0.25, -0.2) is 4.39 Å². The van der Waals surface area contributed by atoms with Crippen molar-refractivity contribution in [2.45, 2.75) is 117 Å². The van der Waals surface area contributed by atoms with Gasteiger partial charge in [-0.05, 0) is 112 Å². The highest BCUT2D eigenvalue weighted by Crippen LogP contribution is 2.49. The number of aryl methyl sites for hydroxylation is 1. The number of carbonyl (C=O) groups excluding carboxylic acids is 1. The molecule has 4 atom stereocenters. The summed E-state index contributed by atoms with van der Waals surface area (Å²) in [6.45, 7) is 4.14. The minimum absolute atomic E-state index is 0.0685.